The molecule has 1 aromatic rings. The van der Waals surface area contributed by atoms with E-state index < -0.39 is 15.9 Å². The summed E-state index contributed by atoms with van der Waals surface area (Å²) in [5, 5.41) is 2.69. The fourth-order valence-corrected chi connectivity index (χ4v) is 3.18. The Bertz CT molecular complexity index is 543. The van der Waals surface area contributed by atoms with Crippen molar-refractivity contribution in [3.63, 3.8) is 0 Å². The molecular formula is C15H24N2O3S. The molecule has 0 aromatic heterocycles. The number of nitrogens with one attached hydrogen (secondary N) is 1. The maximum Gasteiger partial charge on any atom is 0.237 e. The quantitative estimate of drug-likeness (QED) is 0.709. The molecule has 6 heteroatoms. The van der Waals surface area contributed by atoms with Gasteiger partial charge in [0.05, 0.1) is 16.7 Å². The molecule has 0 aliphatic carbocycles. The van der Waals surface area contributed by atoms with Gasteiger partial charge >= 0.3 is 0 Å². The van der Waals surface area contributed by atoms with Gasteiger partial charge in [0.1, 0.15) is 0 Å². The molecule has 1 rings (SSSR count). The molecule has 0 aliphatic heterocycles. The summed E-state index contributed by atoms with van der Waals surface area (Å²) >= 11 is 0. The first-order chi connectivity index (χ1) is 9.88. The van der Waals surface area contributed by atoms with Crippen molar-refractivity contribution in [1.82, 2.24) is 5.32 Å². The van der Waals surface area contributed by atoms with Crippen LogP contribution in [0, 0.1) is 5.92 Å². The van der Waals surface area contributed by atoms with Crippen LogP contribution >= 0.6 is 0 Å². The maximum absolute atomic E-state index is 12.0. The van der Waals surface area contributed by atoms with E-state index in [-0.39, 0.29) is 17.6 Å². The van der Waals surface area contributed by atoms with E-state index in [4.69, 9.17) is 5.73 Å². The van der Waals surface area contributed by atoms with E-state index in [0.29, 0.717) is 17.9 Å². The minimum Gasteiger partial charge on any atom is -0.355 e. The highest BCUT2D eigenvalue weighted by Gasteiger charge is 2.19. The van der Waals surface area contributed by atoms with Crippen molar-refractivity contribution in [2.45, 2.75) is 37.6 Å². The summed E-state index contributed by atoms with van der Waals surface area (Å²) in [6, 6.07) is 7.77. The van der Waals surface area contributed by atoms with E-state index in [1.165, 1.54) is 0 Å². The first kappa shape index (κ1) is 17.7. The van der Waals surface area contributed by atoms with Crippen molar-refractivity contribution in [3.8, 4) is 0 Å². The van der Waals surface area contributed by atoms with Crippen LogP contribution in [0.15, 0.2) is 35.2 Å². The number of sulfone groups is 1. The molecule has 3 N–H and O–H groups in total. The van der Waals surface area contributed by atoms with Crippen molar-refractivity contribution in [2.24, 2.45) is 11.7 Å². The van der Waals surface area contributed by atoms with E-state index in [0.717, 1.165) is 6.42 Å². The van der Waals surface area contributed by atoms with Crippen molar-refractivity contribution < 1.29 is 13.2 Å². The van der Waals surface area contributed by atoms with Gasteiger partial charge in [-0.1, -0.05) is 38.5 Å². The number of carbonyl (C=O) groups is 1. The Balaban J connectivity index is 2.39. The molecule has 0 spiro atoms. The highest BCUT2D eigenvalue weighted by Crippen LogP contribution is 2.10. The minimum absolute atomic E-state index is 0.00978. The van der Waals surface area contributed by atoms with E-state index in [2.05, 4.69) is 5.32 Å². The van der Waals surface area contributed by atoms with Gasteiger partial charge in [0.15, 0.2) is 9.84 Å². The molecule has 2 atom stereocenters. The van der Waals surface area contributed by atoms with Gasteiger partial charge in [-0.3, -0.25) is 4.79 Å². The van der Waals surface area contributed by atoms with E-state index in [1.54, 1.807) is 30.3 Å². The largest absolute Gasteiger partial charge is 0.355 e. The van der Waals surface area contributed by atoms with Crippen molar-refractivity contribution in [2.75, 3.05) is 12.3 Å². The third kappa shape index (κ3) is 5.47. The molecule has 0 saturated carbocycles. The molecule has 21 heavy (non-hydrogen) atoms. The molecule has 1 amide bonds. The molecule has 118 valence electrons. The lowest BCUT2D eigenvalue weighted by atomic mass is 9.99. The fourth-order valence-electron chi connectivity index (χ4n) is 1.85. The zero-order valence-electron chi connectivity index (χ0n) is 12.6. The summed E-state index contributed by atoms with van der Waals surface area (Å²) < 4.78 is 24.1. The Morgan fingerprint density at radius 3 is 2.48 bits per heavy atom. The molecule has 5 nitrogen and oxygen atoms in total. The zero-order valence-corrected chi connectivity index (χ0v) is 13.4. The molecule has 1 aromatic carbocycles. The Kier molecular flexibility index (Phi) is 6.84. The Hall–Kier alpha value is -1.40. The van der Waals surface area contributed by atoms with Crippen LogP contribution in [0.4, 0.5) is 0 Å². The molecule has 0 aliphatic rings. The van der Waals surface area contributed by atoms with Crippen molar-refractivity contribution >= 4 is 15.7 Å². The first-order valence-electron chi connectivity index (χ1n) is 7.19. The smallest absolute Gasteiger partial charge is 0.237 e. The maximum atomic E-state index is 12.0. The van der Waals surface area contributed by atoms with Gasteiger partial charge in [-0.25, -0.2) is 8.42 Å². The van der Waals surface area contributed by atoms with E-state index >= 15 is 0 Å². The van der Waals surface area contributed by atoms with Crippen LogP contribution in [-0.2, 0) is 14.6 Å². The Morgan fingerprint density at radius 2 is 1.90 bits per heavy atom. The van der Waals surface area contributed by atoms with Crippen LogP contribution in [0.25, 0.3) is 0 Å². The fraction of sp³-hybridized carbons (Fsp3) is 0.533. The van der Waals surface area contributed by atoms with Gasteiger partial charge in [0.25, 0.3) is 0 Å². The summed E-state index contributed by atoms with van der Waals surface area (Å²) in [4.78, 5) is 12.1. The predicted octanol–water partition coefficient (Wildman–Crippen LogP) is 1.34. The van der Waals surface area contributed by atoms with E-state index in [9.17, 15) is 13.2 Å². The SMILES string of the molecule is CCC(C)C(N)C(=O)NCCCS(=O)(=O)c1ccccc1. The molecule has 0 fully saturated rings. The van der Waals surface area contributed by atoms with Gasteiger partial charge in [-0.05, 0) is 24.5 Å². The monoisotopic (exact) mass is 312 g/mol. The second kappa shape index (κ2) is 8.14. The van der Waals surface area contributed by atoms with Gasteiger partial charge in [-0.2, -0.15) is 0 Å². The van der Waals surface area contributed by atoms with Gasteiger partial charge in [0, 0.05) is 6.54 Å². The standard InChI is InChI=1S/C15H24N2O3S/c1-3-12(2)14(16)15(18)17-10-7-11-21(19,20)13-8-5-4-6-9-13/h4-6,8-9,12,14H,3,7,10-11,16H2,1-2H3,(H,17,18). The highest BCUT2D eigenvalue weighted by atomic mass is 32.2. The Morgan fingerprint density at radius 1 is 1.29 bits per heavy atom. The van der Waals surface area contributed by atoms with E-state index in [1.807, 2.05) is 13.8 Å². The number of hydrogen-bond acceptors (Lipinski definition) is 4. The number of carbonyl (C=O) groups excluding carboxylic acids is 1. The minimum atomic E-state index is -3.28. The topological polar surface area (TPSA) is 89.3 Å². The lowest BCUT2D eigenvalue weighted by molar-refractivity contribution is -0.123. The van der Waals surface area contributed by atoms with Crippen LogP contribution in [0.2, 0.25) is 0 Å². The number of rotatable bonds is 8. The molecule has 0 heterocycles. The second-order valence-electron chi connectivity index (χ2n) is 5.19. The summed E-state index contributed by atoms with van der Waals surface area (Å²) in [5.41, 5.74) is 5.80. The van der Waals surface area contributed by atoms with Crippen molar-refractivity contribution in [1.29, 1.82) is 0 Å². The Labute approximate surface area is 126 Å². The molecule has 0 radical (unpaired) electrons. The summed E-state index contributed by atoms with van der Waals surface area (Å²) in [6.45, 7) is 4.21. The number of benzene rings is 1. The zero-order chi connectivity index (χ0) is 15.9. The van der Waals surface area contributed by atoms with Gasteiger partial charge < -0.3 is 11.1 Å². The third-order valence-corrected chi connectivity index (χ3v) is 5.37. The highest BCUT2D eigenvalue weighted by molar-refractivity contribution is 7.91. The lowest BCUT2D eigenvalue weighted by Crippen LogP contribution is -2.45. The molecule has 0 saturated heterocycles. The summed E-state index contributed by atoms with van der Waals surface area (Å²) in [5.74, 6) is -0.102. The van der Waals surface area contributed by atoms with Crippen molar-refractivity contribution in [3.05, 3.63) is 30.3 Å². The van der Waals surface area contributed by atoms with Crippen LogP contribution in [0.1, 0.15) is 26.7 Å². The third-order valence-electron chi connectivity index (χ3n) is 3.55. The summed E-state index contributed by atoms with van der Waals surface area (Å²) in [7, 11) is -3.28. The van der Waals surface area contributed by atoms with Crippen LogP contribution in [-0.4, -0.2) is 32.7 Å². The summed E-state index contributed by atoms with van der Waals surface area (Å²) in [6.07, 6.45) is 1.20. The average Bonchev–Trinajstić information content (AvgIpc) is 2.50. The average molecular weight is 312 g/mol. The van der Waals surface area contributed by atoms with Gasteiger partial charge in [-0.15, -0.1) is 0 Å². The van der Waals surface area contributed by atoms with Gasteiger partial charge in [0.2, 0.25) is 5.91 Å². The first-order valence-corrected chi connectivity index (χ1v) is 8.84. The van der Waals surface area contributed by atoms with Crippen LogP contribution in [0.5, 0.6) is 0 Å². The second-order valence-corrected chi connectivity index (χ2v) is 7.30. The van der Waals surface area contributed by atoms with Crippen LogP contribution < -0.4 is 11.1 Å². The molecular weight excluding hydrogens is 288 g/mol. The lowest BCUT2D eigenvalue weighted by Gasteiger charge is -2.17. The predicted molar refractivity (Wildman–Crippen MR) is 83.6 cm³/mol. The number of nitrogens with two attached hydrogens (primary N) is 1. The normalized spacial score (nSPS) is 14.4. The number of hydrogen-bond donors (Lipinski definition) is 2. The molecule has 0 bridgehead atoms. The van der Waals surface area contributed by atoms with Crippen LogP contribution in [0.3, 0.4) is 0 Å². The number of amides is 1. The molecule has 2 unspecified atom stereocenters.